The zero-order chi connectivity index (χ0) is 16.4. The highest BCUT2D eigenvalue weighted by atomic mass is 127. The summed E-state index contributed by atoms with van der Waals surface area (Å²) in [6.45, 7) is 6.04. The van der Waals surface area contributed by atoms with Gasteiger partial charge in [-0.1, -0.05) is 19.3 Å². The SMILES string of the molecule is CCNC(=NCc1cn2ccsc2n1)N1CCC2(CCCCC2)C1.I. The molecular formula is C18H28IN5S. The fraction of sp³-hybridized carbons (Fsp3) is 0.667. The third kappa shape index (κ3) is 4.13. The molecule has 4 rings (SSSR count). The van der Waals surface area contributed by atoms with Crippen LogP contribution in [0, 0.1) is 5.41 Å². The smallest absolute Gasteiger partial charge is 0.194 e. The van der Waals surface area contributed by atoms with Crippen LogP contribution in [0.4, 0.5) is 0 Å². The van der Waals surface area contributed by atoms with Crippen LogP contribution in [0.1, 0.15) is 51.1 Å². The summed E-state index contributed by atoms with van der Waals surface area (Å²) < 4.78 is 2.08. The summed E-state index contributed by atoms with van der Waals surface area (Å²) in [5, 5.41) is 5.55. The second-order valence-corrected chi connectivity index (χ2v) is 8.10. The molecule has 1 saturated carbocycles. The van der Waals surface area contributed by atoms with E-state index in [4.69, 9.17) is 4.99 Å². The molecular weight excluding hydrogens is 445 g/mol. The van der Waals surface area contributed by atoms with Crippen molar-refractivity contribution in [2.45, 2.75) is 52.0 Å². The van der Waals surface area contributed by atoms with Crippen molar-refractivity contribution in [1.29, 1.82) is 0 Å². The third-order valence-electron chi connectivity index (χ3n) is 5.52. The molecule has 0 amide bonds. The van der Waals surface area contributed by atoms with Gasteiger partial charge in [-0.3, -0.25) is 4.40 Å². The highest BCUT2D eigenvalue weighted by Gasteiger charge is 2.39. The van der Waals surface area contributed by atoms with Gasteiger partial charge >= 0.3 is 0 Å². The Hall–Kier alpha value is -0.830. The van der Waals surface area contributed by atoms with Gasteiger partial charge in [0.2, 0.25) is 0 Å². The second-order valence-electron chi connectivity index (χ2n) is 7.23. The van der Waals surface area contributed by atoms with Gasteiger partial charge in [-0.25, -0.2) is 9.98 Å². The number of thiazole rings is 1. The Labute approximate surface area is 170 Å². The normalized spacial score (nSPS) is 20.2. The molecule has 138 valence electrons. The van der Waals surface area contributed by atoms with Crippen molar-refractivity contribution in [2.24, 2.45) is 10.4 Å². The summed E-state index contributed by atoms with van der Waals surface area (Å²) in [6.07, 6.45) is 12.5. The molecule has 1 aliphatic carbocycles. The molecule has 7 heteroatoms. The van der Waals surface area contributed by atoms with Gasteiger partial charge in [-0.15, -0.1) is 35.3 Å². The lowest BCUT2D eigenvalue weighted by molar-refractivity contribution is 0.203. The lowest BCUT2D eigenvalue weighted by Crippen LogP contribution is -2.41. The Balaban J connectivity index is 0.00000182. The van der Waals surface area contributed by atoms with Gasteiger partial charge < -0.3 is 10.2 Å². The van der Waals surface area contributed by atoms with Crippen molar-refractivity contribution in [3.63, 3.8) is 0 Å². The maximum Gasteiger partial charge on any atom is 0.194 e. The highest BCUT2D eigenvalue weighted by molar-refractivity contribution is 14.0. The summed E-state index contributed by atoms with van der Waals surface area (Å²) in [4.78, 5) is 13.0. The predicted molar refractivity (Wildman–Crippen MR) is 115 cm³/mol. The molecule has 1 aliphatic heterocycles. The molecule has 2 aromatic rings. The van der Waals surface area contributed by atoms with Gasteiger partial charge in [0.15, 0.2) is 10.9 Å². The van der Waals surface area contributed by atoms with Crippen molar-refractivity contribution >= 4 is 46.2 Å². The first-order chi connectivity index (χ1) is 11.8. The Bertz CT molecular complexity index is 687. The molecule has 0 radical (unpaired) electrons. The van der Waals surface area contributed by atoms with Crippen LogP contribution in [0.25, 0.3) is 4.96 Å². The van der Waals surface area contributed by atoms with Crippen molar-refractivity contribution in [2.75, 3.05) is 19.6 Å². The average molecular weight is 473 g/mol. The maximum absolute atomic E-state index is 4.88. The Morgan fingerprint density at radius 3 is 2.92 bits per heavy atom. The number of halogens is 1. The van der Waals surface area contributed by atoms with Gasteiger partial charge in [-0.2, -0.15) is 0 Å². The molecule has 2 fully saturated rings. The van der Waals surface area contributed by atoms with E-state index in [-0.39, 0.29) is 24.0 Å². The summed E-state index contributed by atoms with van der Waals surface area (Å²) in [7, 11) is 0. The topological polar surface area (TPSA) is 44.9 Å². The zero-order valence-corrected chi connectivity index (χ0v) is 18.1. The fourth-order valence-corrected chi connectivity index (χ4v) is 4.98. The lowest BCUT2D eigenvalue weighted by atomic mass is 9.73. The maximum atomic E-state index is 4.88. The predicted octanol–water partition coefficient (Wildman–Crippen LogP) is 4.14. The quantitative estimate of drug-likeness (QED) is 0.414. The van der Waals surface area contributed by atoms with Gasteiger partial charge in [0.05, 0.1) is 12.2 Å². The Morgan fingerprint density at radius 1 is 1.32 bits per heavy atom. The van der Waals surface area contributed by atoms with Crippen molar-refractivity contribution in [3.8, 4) is 0 Å². The number of aliphatic imine (C=N–C) groups is 1. The molecule has 0 aromatic carbocycles. The lowest BCUT2D eigenvalue weighted by Gasteiger charge is -2.33. The van der Waals surface area contributed by atoms with Crippen LogP contribution in [-0.4, -0.2) is 39.9 Å². The number of fused-ring (bicyclic) bond motifs is 1. The van der Waals surface area contributed by atoms with Crippen LogP contribution in [0.5, 0.6) is 0 Å². The van der Waals surface area contributed by atoms with E-state index in [0.29, 0.717) is 12.0 Å². The van der Waals surface area contributed by atoms with Crippen molar-refractivity contribution < 1.29 is 0 Å². The number of likely N-dealkylation sites (tertiary alicyclic amines) is 1. The summed E-state index contributed by atoms with van der Waals surface area (Å²) >= 11 is 1.67. The largest absolute Gasteiger partial charge is 0.357 e. The van der Waals surface area contributed by atoms with Crippen LogP contribution in [0.15, 0.2) is 22.8 Å². The number of guanidine groups is 1. The number of hydrogen-bond acceptors (Lipinski definition) is 3. The minimum Gasteiger partial charge on any atom is -0.357 e. The van der Waals surface area contributed by atoms with Gasteiger partial charge in [0.1, 0.15) is 0 Å². The van der Waals surface area contributed by atoms with E-state index in [2.05, 4.69) is 44.3 Å². The van der Waals surface area contributed by atoms with Gasteiger partial charge in [0, 0.05) is 37.4 Å². The highest BCUT2D eigenvalue weighted by Crippen LogP contribution is 2.43. The van der Waals surface area contributed by atoms with Crippen molar-refractivity contribution in [1.82, 2.24) is 19.6 Å². The standard InChI is InChI=1S/C18H27N5S.HI/c1-2-19-16(20-12-15-13-22-10-11-24-17(22)21-15)23-9-8-18(14-23)6-4-3-5-7-18;/h10-11,13H,2-9,12,14H2,1H3,(H,19,20);1H. The van der Waals surface area contributed by atoms with E-state index in [1.165, 1.54) is 45.1 Å². The van der Waals surface area contributed by atoms with Crippen LogP contribution in [0.2, 0.25) is 0 Å². The number of nitrogens with zero attached hydrogens (tertiary/aromatic N) is 4. The minimum absolute atomic E-state index is 0. The van der Waals surface area contributed by atoms with E-state index in [1.54, 1.807) is 11.3 Å². The van der Waals surface area contributed by atoms with E-state index < -0.39 is 0 Å². The van der Waals surface area contributed by atoms with E-state index in [0.717, 1.165) is 29.7 Å². The Morgan fingerprint density at radius 2 is 2.16 bits per heavy atom. The van der Waals surface area contributed by atoms with Crippen LogP contribution in [-0.2, 0) is 6.54 Å². The van der Waals surface area contributed by atoms with Crippen LogP contribution < -0.4 is 5.32 Å². The number of hydrogen-bond donors (Lipinski definition) is 1. The molecule has 1 saturated heterocycles. The molecule has 25 heavy (non-hydrogen) atoms. The zero-order valence-electron chi connectivity index (χ0n) is 14.9. The monoisotopic (exact) mass is 473 g/mol. The van der Waals surface area contributed by atoms with Crippen molar-refractivity contribution in [3.05, 3.63) is 23.5 Å². The number of imidazole rings is 1. The number of rotatable bonds is 3. The first-order valence-corrected chi connectivity index (χ1v) is 10.1. The molecule has 3 heterocycles. The van der Waals surface area contributed by atoms with E-state index in [9.17, 15) is 0 Å². The third-order valence-corrected chi connectivity index (χ3v) is 6.29. The molecule has 0 unspecified atom stereocenters. The average Bonchev–Trinajstić information content (AvgIpc) is 3.27. The molecule has 2 aromatic heterocycles. The molecule has 1 N–H and O–H groups in total. The Kier molecular flexibility index (Phi) is 6.25. The molecule has 5 nitrogen and oxygen atoms in total. The van der Waals surface area contributed by atoms with Crippen LogP contribution >= 0.6 is 35.3 Å². The minimum atomic E-state index is 0. The first-order valence-electron chi connectivity index (χ1n) is 9.22. The molecule has 2 aliphatic rings. The summed E-state index contributed by atoms with van der Waals surface area (Å²) in [5.74, 6) is 1.07. The summed E-state index contributed by atoms with van der Waals surface area (Å²) in [6, 6.07) is 0. The first kappa shape index (κ1) is 18.9. The molecule has 0 atom stereocenters. The van der Waals surface area contributed by atoms with Gasteiger partial charge in [-0.05, 0) is 31.6 Å². The molecule has 1 spiro atoms. The van der Waals surface area contributed by atoms with Gasteiger partial charge in [0.25, 0.3) is 0 Å². The second kappa shape index (κ2) is 8.24. The molecule has 0 bridgehead atoms. The van der Waals surface area contributed by atoms with Crippen LogP contribution in [0.3, 0.4) is 0 Å². The van der Waals surface area contributed by atoms with E-state index in [1.807, 2.05) is 0 Å². The number of aromatic nitrogens is 2. The van der Waals surface area contributed by atoms with E-state index >= 15 is 0 Å². The fourth-order valence-electron chi connectivity index (χ4n) is 4.26. The number of nitrogens with one attached hydrogen (secondary N) is 1. The summed E-state index contributed by atoms with van der Waals surface area (Å²) in [5.41, 5.74) is 1.61.